The number of amides is 1. The quantitative estimate of drug-likeness (QED) is 0.237. The van der Waals surface area contributed by atoms with Crippen LogP contribution in [0.5, 0.6) is 0 Å². The molecule has 0 spiro atoms. The largest absolute Gasteiger partial charge is 0.397 e. The van der Waals surface area contributed by atoms with Crippen LogP contribution in [0.4, 0.5) is 20.2 Å². The Balaban J connectivity index is 1.78. The van der Waals surface area contributed by atoms with Crippen molar-refractivity contribution in [3.05, 3.63) is 62.4 Å². The van der Waals surface area contributed by atoms with Crippen LogP contribution in [-0.2, 0) is 11.3 Å². The summed E-state index contributed by atoms with van der Waals surface area (Å²) in [5.74, 6) is -2.17. The first-order valence-corrected chi connectivity index (χ1v) is 14.8. The molecule has 0 aliphatic carbocycles. The van der Waals surface area contributed by atoms with E-state index >= 15 is 8.78 Å². The van der Waals surface area contributed by atoms with Gasteiger partial charge < -0.3 is 15.5 Å². The Morgan fingerprint density at radius 2 is 2.00 bits per heavy atom. The number of nitriles is 1. The number of rotatable bonds is 6. The molecule has 1 amide bonds. The second kappa shape index (κ2) is 12.1. The zero-order valence-electron chi connectivity index (χ0n) is 23.8. The number of nitrogen functional groups attached to an aromatic ring is 1. The minimum absolute atomic E-state index is 0.0190. The predicted octanol–water partition coefficient (Wildman–Crippen LogP) is 4.81. The van der Waals surface area contributed by atoms with Gasteiger partial charge in [-0.15, -0.1) is 0 Å². The molecule has 3 aromatic rings. The van der Waals surface area contributed by atoms with E-state index in [0.717, 1.165) is 38.1 Å². The zero-order chi connectivity index (χ0) is 31.2. The van der Waals surface area contributed by atoms with E-state index in [9.17, 15) is 14.9 Å². The topological polar surface area (TPSA) is 111 Å². The maximum absolute atomic E-state index is 16.0. The molecule has 0 radical (unpaired) electrons. The van der Waals surface area contributed by atoms with Crippen LogP contribution in [0.25, 0.3) is 22.3 Å². The van der Waals surface area contributed by atoms with Gasteiger partial charge in [-0.2, -0.15) is 5.26 Å². The fourth-order valence-corrected chi connectivity index (χ4v) is 6.74. The molecule has 1 aromatic carbocycles. The number of hydrogen-bond acceptors (Lipinski definition) is 7. The second-order valence-corrected chi connectivity index (χ2v) is 11.7. The molecule has 13 heteroatoms. The Labute approximate surface area is 257 Å². The minimum atomic E-state index is -0.998. The predicted molar refractivity (Wildman–Crippen MR) is 164 cm³/mol. The molecule has 2 aliphatic rings. The molecule has 0 saturated carbocycles. The van der Waals surface area contributed by atoms with Gasteiger partial charge >= 0.3 is 0 Å². The monoisotopic (exact) mass is 629 g/mol. The summed E-state index contributed by atoms with van der Waals surface area (Å²) in [6.45, 7) is 10.1. The standard InChI is InChI=1S/C30H31Cl2F2N7O2/c1-4-23(42)40-10-9-39(14-16(40)3)28-18-11-22(33)27(24-25(34)20(31)12-21(32)26(24)36)37-29(18)41(30(43)19(28)13-35)15-17-7-6-8-38(17)5-2/h4,11-12,16-17H,1,5-10,14-15,36H2,2-3H3/t16-,17+/m1/s1. The Kier molecular flexibility index (Phi) is 8.65. The molecule has 2 aromatic heterocycles. The Morgan fingerprint density at radius 1 is 1.26 bits per heavy atom. The van der Waals surface area contributed by atoms with E-state index in [4.69, 9.17) is 28.9 Å². The van der Waals surface area contributed by atoms with Crippen LogP contribution in [0.3, 0.4) is 0 Å². The van der Waals surface area contributed by atoms with E-state index in [1.807, 2.05) is 13.8 Å². The normalized spacial score (nSPS) is 19.2. The number of aromatic nitrogens is 2. The van der Waals surface area contributed by atoms with E-state index in [1.165, 1.54) is 10.6 Å². The van der Waals surface area contributed by atoms with Gasteiger partial charge in [-0.25, -0.2) is 13.8 Å². The SMILES string of the molecule is C=CC(=O)N1CCN(c2c(C#N)c(=O)n(C[C@@H]3CCCN3CC)c3nc(-c4c(N)c(Cl)cc(Cl)c4F)c(F)cc23)C[C@H]1C. The maximum Gasteiger partial charge on any atom is 0.272 e. The number of nitrogens with zero attached hydrogens (tertiary/aromatic N) is 6. The lowest BCUT2D eigenvalue weighted by Gasteiger charge is -2.41. The van der Waals surface area contributed by atoms with Crippen LogP contribution < -0.4 is 16.2 Å². The molecule has 2 N–H and O–H groups in total. The summed E-state index contributed by atoms with van der Waals surface area (Å²) in [6.07, 6.45) is 3.00. The van der Waals surface area contributed by atoms with Gasteiger partial charge in [0.25, 0.3) is 5.56 Å². The van der Waals surface area contributed by atoms with Gasteiger partial charge in [-0.05, 0) is 51.1 Å². The first kappa shape index (κ1) is 30.7. The van der Waals surface area contributed by atoms with Gasteiger partial charge in [0.2, 0.25) is 5.91 Å². The smallest absolute Gasteiger partial charge is 0.272 e. The Bertz CT molecular complexity index is 1710. The third-order valence-electron chi connectivity index (χ3n) is 8.42. The summed E-state index contributed by atoms with van der Waals surface area (Å²) in [6, 6.07) is 4.02. The number of carbonyl (C=O) groups is 1. The molecule has 0 bridgehead atoms. The van der Waals surface area contributed by atoms with Gasteiger partial charge in [0.1, 0.15) is 23.0 Å². The molecule has 2 aliphatic heterocycles. The Hall–Kier alpha value is -3.72. The summed E-state index contributed by atoms with van der Waals surface area (Å²) >= 11 is 12.2. The van der Waals surface area contributed by atoms with Crippen LogP contribution in [0.1, 0.15) is 32.3 Å². The van der Waals surface area contributed by atoms with Gasteiger partial charge in [0, 0.05) is 43.6 Å². The molecule has 5 rings (SSSR count). The van der Waals surface area contributed by atoms with Crippen molar-refractivity contribution in [2.45, 2.75) is 45.3 Å². The van der Waals surface area contributed by atoms with Crippen molar-refractivity contribution in [1.29, 1.82) is 5.26 Å². The average molecular weight is 631 g/mol. The molecule has 2 fully saturated rings. The number of benzene rings is 1. The highest BCUT2D eigenvalue weighted by atomic mass is 35.5. The second-order valence-electron chi connectivity index (χ2n) is 10.8. The molecular weight excluding hydrogens is 599 g/mol. The van der Waals surface area contributed by atoms with Crippen LogP contribution in [0, 0.1) is 23.0 Å². The molecular formula is C30H31Cl2F2N7O2. The first-order chi connectivity index (χ1) is 20.5. The van der Waals surface area contributed by atoms with E-state index in [1.54, 1.807) is 9.80 Å². The van der Waals surface area contributed by atoms with Crippen molar-refractivity contribution >= 4 is 51.5 Å². The van der Waals surface area contributed by atoms with E-state index in [0.29, 0.717) is 6.54 Å². The molecule has 2 atom stereocenters. The molecule has 4 heterocycles. The van der Waals surface area contributed by atoms with Crippen LogP contribution in [-0.4, -0.2) is 70.1 Å². The molecule has 0 unspecified atom stereocenters. The Morgan fingerprint density at radius 3 is 2.65 bits per heavy atom. The fraction of sp³-hybridized carbons (Fsp3) is 0.400. The first-order valence-electron chi connectivity index (χ1n) is 14.0. The lowest BCUT2D eigenvalue weighted by atomic mass is 10.0. The van der Waals surface area contributed by atoms with Crippen molar-refractivity contribution in [2.24, 2.45) is 0 Å². The fourth-order valence-electron chi connectivity index (χ4n) is 6.28. The number of anilines is 2. The number of likely N-dealkylation sites (tertiary alicyclic amines) is 1. The summed E-state index contributed by atoms with van der Waals surface area (Å²) in [7, 11) is 0. The highest BCUT2D eigenvalue weighted by Crippen LogP contribution is 2.40. The number of piperazine rings is 1. The molecule has 43 heavy (non-hydrogen) atoms. The van der Waals surface area contributed by atoms with Crippen LogP contribution in [0.2, 0.25) is 10.0 Å². The average Bonchev–Trinajstić information content (AvgIpc) is 3.44. The third kappa shape index (κ3) is 5.32. The number of fused-ring (bicyclic) bond motifs is 1. The number of hydrogen-bond donors (Lipinski definition) is 1. The minimum Gasteiger partial charge on any atom is -0.397 e. The van der Waals surface area contributed by atoms with Crippen LogP contribution >= 0.6 is 23.2 Å². The maximum atomic E-state index is 16.0. The number of nitrogens with two attached hydrogens (primary N) is 1. The van der Waals surface area contributed by atoms with Gasteiger partial charge in [-0.3, -0.25) is 19.1 Å². The van der Waals surface area contributed by atoms with Gasteiger partial charge in [-0.1, -0.05) is 36.7 Å². The number of halogens is 4. The number of pyridine rings is 2. The van der Waals surface area contributed by atoms with E-state index in [2.05, 4.69) is 22.5 Å². The number of likely N-dealkylation sites (N-methyl/N-ethyl adjacent to an activating group) is 1. The number of carbonyl (C=O) groups excluding carboxylic acids is 1. The van der Waals surface area contributed by atoms with Crippen molar-refractivity contribution in [3.8, 4) is 17.3 Å². The van der Waals surface area contributed by atoms with E-state index < -0.39 is 28.5 Å². The van der Waals surface area contributed by atoms with E-state index in [-0.39, 0.29) is 75.6 Å². The molecule has 226 valence electrons. The summed E-state index contributed by atoms with van der Waals surface area (Å²) in [4.78, 5) is 36.6. The zero-order valence-corrected chi connectivity index (χ0v) is 25.4. The van der Waals surface area contributed by atoms with Gasteiger partial charge in [0.15, 0.2) is 11.6 Å². The highest BCUT2D eigenvalue weighted by molar-refractivity contribution is 6.37. The van der Waals surface area contributed by atoms with Gasteiger partial charge in [0.05, 0.1) is 27.0 Å². The summed E-state index contributed by atoms with van der Waals surface area (Å²) in [5.41, 5.74) is 4.51. The van der Waals surface area contributed by atoms with Crippen molar-refractivity contribution in [1.82, 2.24) is 19.4 Å². The van der Waals surface area contributed by atoms with Crippen molar-refractivity contribution in [2.75, 3.05) is 43.4 Å². The molecule has 2 saturated heterocycles. The van der Waals surface area contributed by atoms with Crippen molar-refractivity contribution < 1.29 is 13.6 Å². The summed E-state index contributed by atoms with van der Waals surface area (Å²) < 4.78 is 32.7. The highest BCUT2D eigenvalue weighted by Gasteiger charge is 2.33. The lowest BCUT2D eigenvalue weighted by Crippen LogP contribution is -2.54. The van der Waals surface area contributed by atoms with Crippen molar-refractivity contribution in [3.63, 3.8) is 0 Å². The summed E-state index contributed by atoms with van der Waals surface area (Å²) in [5, 5.41) is 10.0. The third-order valence-corrected chi connectivity index (χ3v) is 9.01. The molecule has 9 nitrogen and oxygen atoms in total. The lowest BCUT2D eigenvalue weighted by molar-refractivity contribution is -0.128. The van der Waals surface area contributed by atoms with Crippen LogP contribution in [0.15, 0.2) is 29.6 Å².